The highest BCUT2D eigenvalue weighted by Crippen LogP contribution is 2.38. The van der Waals surface area contributed by atoms with Gasteiger partial charge in [0.05, 0.1) is 34.5 Å². The van der Waals surface area contributed by atoms with Crippen molar-refractivity contribution in [2.75, 3.05) is 24.6 Å². The number of amides is 1. The fourth-order valence-electron chi connectivity index (χ4n) is 3.30. The van der Waals surface area contributed by atoms with E-state index >= 15 is 0 Å². The fraction of sp³-hybridized carbons (Fsp3) is 0.154. The third kappa shape index (κ3) is 7.52. The Bertz CT molecular complexity index is 1470. The molecule has 0 bridgehead atoms. The summed E-state index contributed by atoms with van der Waals surface area (Å²) in [6.07, 6.45) is -2.01. The Balaban J connectivity index is 1.87. The van der Waals surface area contributed by atoms with E-state index < -0.39 is 44.9 Å². The molecule has 0 atom stereocenters. The van der Waals surface area contributed by atoms with Gasteiger partial charge in [0, 0.05) is 0 Å². The zero-order chi connectivity index (χ0) is 28.6. The fourth-order valence-corrected chi connectivity index (χ4v) is 4.96. The largest absolute Gasteiger partial charge is 0.493 e. The van der Waals surface area contributed by atoms with Gasteiger partial charge in [0.25, 0.3) is 15.9 Å². The van der Waals surface area contributed by atoms with Crippen molar-refractivity contribution in [2.24, 2.45) is 5.10 Å². The first-order chi connectivity index (χ1) is 18.5. The number of nitrogens with zero attached hydrogens (tertiary/aromatic N) is 2. The summed E-state index contributed by atoms with van der Waals surface area (Å²) < 4.78 is 78.4. The second-order valence-electron chi connectivity index (χ2n) is 7.79. The van der Waals surface area contributed by atoms with Gasteiger partial charge in [-0.25, -0.2) is 13.8 Å². The number of nitrogens with one attached hydrogen (secondary N) is 1. The number of hydrazone groups is 1. The zero-order valence-electron chi connectivity index (χ0n) is 20.5. The summed E-state index contributed by atoms with van der Waals surface area (Å²) in [4.78, 5) is 12.5. The highest BCUT2D eigenvalue weighted by molar-refractivity contribution is 7.92. The molecule has 0 aliphatic rings. The number of sulfonamides is 1. The molecule has 8 nitrogen and oxygen atoms in total. The van der Waals surface area contributed by atoms with Gasteiger partial charge in [-0.3, -0.25) is 9.10 Å². The summed E-state index contributed by atoms with van der Waals surface area (Å²) in [6.45, 7) is 2.97. The number of alkyl halides is 3. The molecule has 0 radical (unpaired) electrons. The molecule has 0 aliphatic heterocycles. The van der Waals surface area contributed by atoms with E-state index in [1.54, 1.807) is 30.3 Å². The Morgan fingerprint density at radius 3 is 2.46 bits per heavy atom. The Morgan fingerprint density at radius 1 is 1.10 bits per heavy atom. The molecule has 0 fully saturated rings. The lowest BCUT2D eigenvalue weighted by Gasteiger charge is -2.24. The first-order valence-electron chi connectivity index (χ1n) is 11.2. The number of methoxy groups -OCH3 is 1. The molecule has 1 amide bonds. The number of halogens is 4. The van der Waals surface area contributed by atoms with Crippen LogP contribution in [0.25, 0.3) is 0 Å². The maximum absolute atomic E-state index is 13.5. The molecule has 3 aromatic carbocycles. The molecule has 0 spiro atoms. The SMILES string of the molecule is C=CCOc1ccc(C=NNC(=O)CN(c2ccc(Cl)c(C(F)(F)F)c2)S(=O)(=O)c2ccccc2)cc1OC. The molecule has 206 valence electrons. The normalized spacial score (nSPS) is 11.7. The summed E-state index contributed by atoms with van der Waals surface area (Å²) >= 11 is 5.70. The van der Waals surface area contributed by atoms with E-state index in [-0.39, 0.29) is 11.5 Å². The van der Waals surface area contributed by atoms with Gasteiger partial charge in [-0.2, -0.15) is 18.3 Å². The standard InChI is InChI=1S/C26H23ClF3N3O5S/c1-3-13-38-23-12-9-18(14-24(23)37-2)16-31-32-25(34)17-33(39(35,36)20-7-5-4-6-8-20)19-10-11-22(27)21(15-19)26(28,29)30/h3-12,14-16H,1,13,17H2,2H3,(H,32,34). The molecule has 3 aromatic rings. The van der Waals surface area contributed by atoms with Crippen molar-refractivity contribution in [1.82, 2.24) is 5.43 Å². The summed E-state index contributed by atoms with van der Waals surface area (Å²) in [5, 5.41) is 3.20. The predicted molar refractivity (Wildman–Crippen MR) is 142 cm³/mol. The Morgan fingerprint density at radius 2 is 1.82 bits per heavy atom. The topological polar surface area (TPSA) is 97.3 Å². The van der Waals surface area contributed by atoms with Crippen LogP contribution in [0.2, 0.25) is 5.02 Å². The number of hydrogen-bond donors (Lipinski definition) is 1. The monoisotopic (exact) mass is 581 g/mol. The van der Waals surface area contributed by atoms with Crippen LogP contribution in [0.5, 0.6) is 11.5 Å². The van der Waals surface area contributed by atoms with Gasteiger partial charge in [-0.15, -0.1) is 0 Å². The minimum Gasteiger partial charge on any atom is -0.493 e. The molecule has 0 heterocycles. The Hall–Kier alpha value is -4.03. The summed E-state index contributed by atoms with van der Waals surface area (Å²) in [6, 6.07) is 14.4. The van der Waals surface area contributed by atoms with Gasteiger partial charge in [-0.1, -0.05) is 42.5 Å². The average molecular weight is 582 g/mol. The molecule has 39 heavy (non-hydrogen) atoms. The number of carbonyl (C=O) groups excluding carboxylic acids is 1. The van der Waals surface area contributed by atoms with Crippen LogP contribution >= 0.6 is 11.6 Å². The molecule has 0 saturated heterocycles. The zero-order valence-corrected chi connectivity index (χ0v) is 22.1. The van der Waals surface area contributed by atoms with Crippen molar-refractivity contribution in [3.05, 3.63) is 95.5 Å². The molecule has 0 unspecified atom stereocenters. The van der Waals surface area contributed by atoms with Crippen LogP contribution < -0.4 is 19.2 Å². The number of carbonyl (C=O) groups is 1. The number of anilines is 1. The van der Waals surface area contributed by atoms with Crippen LogP contribution in [0.1, 0.15) is 11.1 Å². The van der Waals surface area contributed by atoms with Gasteiger partial charge < -0.3 is 9.47 Å². The quantitative estimate of drug-likeness (QED) is 0.189. The number of ether oxygens (including phenoxy) is 2. The number of benzene rings is 3. The summed E-state index contributed by atoms with van der Waals surface area (Å²) in [7, 11) is -3.00. The van der Waals surface area contributed by atoms with Crippen LogP contribution in [-0.4, -0.2) is 40.8 Å². The van der Waals surface area contributed by atoms with E-state index in [9.17, 15) is 26.4 Å². The first kappa shape index (κ1) is 29.5. The van der Waals surface area contributed by atoms with E-state index in [1.165, 1.54) is 37.6 Å². The van der Waals surface area contributed by atoms with E-state index in [1.807, 2.05) is 0 Å². The van der Waals surface area contributed by atoms with Crippen LogP contribution in [0.15, 0.2) is 89.4 Å². The molecule has 1 N–H and O–H groups in total. The maximum Gasteiger partial charge on any atom is 0.417 e. The highest BCUT2D eigenvalue weighted by atomic mass is 35.5. The third-order valence-electron chi connectivity index (χ3n) is 5.11. The lowest BCUT2D eigenvalue weighted by atomic mass is 10.2. The molecule has 0 aromatic heterocycles. The Kier molecular flexibility index (Phi) is 9.60. The van der Waals surface area contributed by atoms with Crippen LogP contribution in [-0.2, 0) is 21.0 Å². The molecule has 0 saturated carbocycles. The smallest absolute Gasteiger partial charge is 0.417 e. The second-order valence-corrected chi connectivity index (χ2v) is 10.1. The van der Waals surface area contributed by atoms with Crippen molar-refractivity contribution < 1.29 is 35.9 Å². The lowest BCUT2D eigenvalue weighted by Crippen LogP contribution is -2.39. The molecular formula is C26H23ClF3N3O5S. The van der Waals surface area contributed by atoms with Crippen molar-refractivity contribution in [1.29, 1.82) is 0 Å². The third-order valence-corrected chi connectivity index (χ3v) is 7.23. The van der Waals surface area contributed by atoms with E-state index in [2.05, 4.69) is 17.1 Å². The maximum atomic E-state index is 13.5. The van der Waals surface area contributed by atoms with E-state index in [4.69, 9.17) is 21.1 Å². The van der Waals surface area contributed by atoms with E-state index in [0.29, 0.717) is 27.4 Å². The van der Waals surface area contributed by atoms with Crippen LogP contribution in [0, 0.1) is 0 Å². The van der Waals surface area contributed by atoms with Gasteiger partial charge in [0.1, 0.15) is 13.2 Å². The second kappa shape index (κ2) is 12.7. The van der Waals surface area contributed by atoms with Crippen molar-refractivity contribution >= 4 is 39.4 Å². The predicted octanol–water partition coefficient (Wildman–Crippen LogP) is 5.28. The van der Waals surface area contributed by atoms with E-state index in [0.717, 1.165) is 12.1 Å². The van der Waals surface area contributed by atoms with Gasteiger partial charge in [0.15, 0.2) is 11.5 Å². The number of rotatable bonds is 11. The van der Waals surface area contributed by atoms with Crippen molar-refractivity contribution in [3.63, 3.8) is 0 Å². The molecule has 13 heteroatoms. The summed E-state index contributed by atoms with van der Waals surface area (Å²) in [5.74, 6) is -0.0517. The van der Waals surface area contributed by atoms with Gasteiger partial charge >= 0.3 is 6.18 Å². The average Bonchev–Trinajstić information content (AvgIpc) is 2.91. The van der Waals surface area contributed by atoms with Gasteiger partial charge in [-0.05, 0) is 54.1 Å². The summed E-state index contributed by atoms with van der Waals surface area (Å²) in [5.41, 5.74) is 1.05. The van der Waals surface area contributed by atoms with Crippen LogP contribution in [0.3, 0.4) is 0 Å². The number of hydrogen-bond acceptors (Lipinski definition) is 6. The van der Waals surface area contributed by atoms with Crippen molar-refractivity contribution in [3.8, 4) is 11.5 Å². The van der Waals surface area contributed by atoms with Crippen LogP contribution in [0.4, 0.5) is 18.9 Å². The minimum absolute atomic E-state index is 0.226. The lowest BCUT2D eigenvalue weighted by molar-refractivity contribution is -0.137. The minimum atomic E-state index is -4.85. The molecule has 0 aliphatic carbocycles. The van der Waals surface area contributed by atoms with Gasteiger partial charge in [0.2, 0.25) is 0 Å². The first-order valence-corrected chi connectivity index (χ1v) is 13.0. The Labute approximate surface area is 228 Å². The molecule has 3 rings (SSSR count). The molecular weight excluding hydrogens is 559 g/mol. The highest BCUT2D eigenvalue weighted by Gasteiger charge is 2.35. The van der Waals surface area contributed by atoms with Crippen molar-refractivity contribution in [2.45, 2.75) is 11.1 Å².